The highest BCUT2D eigenvalue weighted by Gasteiger charge is 2.28. The molecular formula is C20H17F3N2O4. The first-order chi connectivity index (χ1) is 13.8. The zero-order valence-corrected chi connectivity index (χ0v) is 15.4. The summed E-state index contributed by atoms with van der Waals surface area (Å²) in [5.74, 6) is -6.59. The average molecular weight is 406 g/mol. The third-order valence-electron chi connectivity index (χ3n) is 4.43. The lowest BCUT2D eigenvalue weighted by Gasteiger charge is -2.20. The Hall–Kier alpha value is -3.36. The summed E-state index contributed by atoms with van der Waals surface area (Å²) in [5.41, 5.74) is -0.111. The lowest BCUT2D eigenvalue weighted by molar-refractivity contribution is -0.123. The Morgan fingerprint density at radius 1 is 1.10 bits per heavy atom. The van der Waals surface area contributed by atoms with E-state index in [1.807, 2.05) is 5.32 Å². The SMILES string of the molecule is C[C@H](OC(=O)c1ccccc1N1CCCC1=O)C(=O)Nc1ccc(F)c(F)c1F. The van der Waals surface area contributed by atoms with E-state index in [9.17, 15) is 27.6 Å². The first kappa shape index (κ1) is 20.4. The van der Waals surface area contributed by atoms with E-state index < -0.39 is 41.1 Å². The van der Waals surface area contributed by atoms with Crippen LogP contribution in [0.5, 0.6) is 0 Å². The van der Waals surface area contributed by atoms with Crippen molar-refractivity contribution in [2.75, 3.05) is 16.8 Å². The summed E-state index contributed by atoms with van der Waals surface area (Å²) in [5, 5.41) is 2.05. The number of carbonyl (C=O) groups is 3. The van der Waals surface area contributed by atoms with Crippen molar-refractivity contribution >= 4 is 29.2 Å². The van der Waals surface area contributed by atoms with E-state index in [4.69, 9.17) is 4.74 Å². The van der Waals surface area contributed by atoms with Gasteiger partial charge in [0.1, 0.15) is 0 Å². The van der Waals surface area contributed by atoms with Crippen LogP contribution in [0.3, 0.4) is 0 Å². The summed E-state index contributed by atoms with van der Waals surface area (Å²) in [6, 6.07) is 7.83. The summed E-state index contributed by atoms with van der Waals surface area (Å²) in [6.07, 6.45) is -0.319. The molecular weight excluding hydrogens is 389 g/mol. The molecule has 0 bridgehead atoms. The number of amides is 2. The molecule has 3 rings (SSSR count). The minimum Gasteiger partial charge on any atom is -0.449 e. The Kier molecular flexibility index (Phi) is 5.86. The predicted molar refractivity (Wildman–Crippen MR) is 97.9 cm³/mol. The molecule has 1 N–H and O–H groups in total. The van der Waals surface area contributed by atoms with Gasteiger partial charge in [-0.25, -0.2) is 18.0 Å². The van der Waals surface area contributed by atoms with E-state index in [0.717, 1.165) is 6.07 Å². The molecule has 0 aromatic heterocycles. The molecule has 2 amide bonds. The quantitative estimate of drug-likeness (QED) is 0.610. The van der Waals surface area contributed by atoms with Crippen LogP contribution in [-0.4, -0.2) is 30.4 Å². The van der Waals surface area contributed by atoms with Gasteiger partial charge in [-0.2, -0.15) is 0 Å². The van der Waals surface area contributed by atoms with Crippen LogP contribution in [0, 0.1) is 17.5 Å². The zero-order chi connectivity index (χ0) is 21.1. The molecule has 6 nitrogen and oxygen atoms in total. The van der Waals surface area contributed by atoms with Crippen molar-refractivity contribution in [3.8, 4) is 0 Å². The van der Waals surface area contributed by atoms with Gasteiger partial charge in [-0.05, 0) is 37.6 Å². The normalized spacial score (nSPS) is 14.6. The summed E-state index contributed by atoms with van der Waals surface area (Å²) < 4.78 is 45.1. The van der Waals surface area contributed by atoms with Gasteiger partial charge in [0.15, 0.2) is 23.6 Å². The maximum absolute atomic E-state index is 13.7. The van der Waals surface area contributed by atoms with Gasteiger partial charge in [-0.15, -0.1) is 0 Å². The second-order valence-corrected chi connectivity index (χ2v) is 6.43. The van der Waals surface area contributed by atoms with Crippen LogP contribution in [0.2, 0.25) is 0 Å². The van der Waals surface area contributed by atoms with Crippen molar-refractivity contribution in [3.63, 3.8) is 0 Å². The summed E-state index contributed by atoms with van der Waals surface area (Å²) >= 11 is 0. The fourth-order valence-corrected chi connectivity index (χ4v) is 2.92. The monoisotopic (exact) mass is 406 g/mol. The average Bonchev–Trinajstić information content (AvgIpc) is 3.14. The largest absolute Gasteiger partial charge is 0.449 e. The maximum Gasteiger partial charge on any atom is 0.341 e. The summed E-state index contributed by atoms with van der Waals surface area (Å²) in [7, 11) is 0. The summed E-state index contributed by atoms with van der Waals surface area (Å²) in [6.45, 7) is 1.71. The molecule has 152 valence electrons. The highest BCUT2D eigenvalue weighted by molar-refractivity contribution is 6.04. The van der Waals surface area contributed by atoms with Crippen molar-refractivity contribution in [2.45, 2.75) is 25.9 Å². The van der Waals surface area contributed by atoms with Crippen molar-refractivity contribution in [3.05, 3.63) is 59.4 Å². The van der Waals surface area contributed by atoms with Crippen LogP contribution >= 0.6 is 0 Å². The molecule has 0 radical (unpaired) electrons. The number of ether oxygens (including phenoxy) is 1. The maximum atomic E-state index is 13.7. The number of carbonyl (C=O) groups excluding carboxylic acids is 3. The molecule has 1 aliphatic rings. The fraction of sp³-hybridized carbons (Fsp3) is 0.250. The second kappa shape index (κ2) is 8.34. The van der Waals surface area contributed by atoms with Crippen LogP contribution in [0.15, 0.2) is 36.4 Å². The molecule has 0 saturated carbocycles. The minimum atomic E-state index is -1.73. The van der Waals surface area contributed by atoms with Gasteiger partial charge in [-0.3, -0.25) is 9.59 Å². The van der Waals surface area contributed by atoms with Gasteiger partial charge in [0.25, 0.3) is 5.91 Å². The molecule has 0 aliphatic carbocycles. The number of nitrogens with zero attached hydrogens (tertiary/aromatic N) is 1. The van der Waals surface area contributed by atoms with Crippen molar-refractivity contribution in [2.24, 2.45) is 0 Å². The van der Waals surface area contributed by atoms with Gasteiger partial charge in [0.05, 0.1) is 16.9 Å². The van der Waals surface area contributed by atoms with Crippen molar-refractivity contribution in [1.29, 1.82) is 0 Å². The van der Waals surface area contributed by atoms with Gasteiger partial charge in [0, 0.05) is 13.0 Å². The molecule has 29 heavy (non-hydrogen) atoms. The molecule has 1 saturated heterocycles. The standard InChI is InChI=1S/C20H17F3N2O4/c1-11(19(27)24-14-9-8-13(21)17(22)18(14)23)29-20(28)12-5-2-3-6-15(12)25-10-4-7-16(25)26/h2-3,5-6,8-9,11H,4,7,10H2,1H3,(H,24,27)/t11-/m0/s1. The predicted octanol–water partition coefficient (Wildman–Crippen LogP) is 3.41. The smallest absolute Gasteiger partial charge is 0.341 e. The van der Waals surface area contributed by atoms with Gasteiger partial charge in [0.2, 0.25) is 5.91 Å². The highest BCUT2D eigenvalue weighted by atomic mass is 19.2. The highest BCUT2D eigenvalue weighted by Crippen LogP contribution is 2.26. The molecule has 0 spiro atoms. The van der Waals surface area contributed by atoms with Crippen molar-refractivity contribution in [1.82, 2.24) is 0 Å². The lowest BCUT2D eigenvalue weighted by Crippen LogP contribution is -2.31. The molecule has 0 unspecified atom stereocenters. The third kappa shape index (κ3) is 4.23. The second-order valence-electron chi connectivity index (χ2n) is 6.43. The number of hydrogen-bond donors (Lipinski definition) is 1. The van der Waals surface area contributed by atoms with E-state index in [0.29, 0.717) is 31.1 Å². The number of benzene rings is 2. The lowest BCUT2D eigenvalue weighted by atomic mass is 10.1. The Bertz CT molecular complexity index is 980. The molecule has 1 atom stereocenters. The molecule has 1 aliphatic heterocycles. The van der Waals surface area contributed by atoms with Crippen LogP contribution in [0.25, 0.3) is 0 Å². The fourth-order valence-electron chi connectivity index (χ4n) is 2.92. The first-order valence-electron chi connectivity index (χ1n) is 8.84. The molecule has 9 heteroatoms. The van der Waals surface area contributed by atoms with E-state index in [-0.39, 0.29) is 11.5 Å². The van der Waals surface area contributed by atoms with E-state index in [2.05, 4.69) is 0 Å². The topological polar surface area (TPSA) is 75.7 Å². The molecule has 1 heterocycles. The zero-order valence-electron chi connectivity index (χ0n) is 15.4. The number of esters is 1. The third-order valence-corrected chi connectivity index (χ3v) is 4.43. The minimum absolute atomic E-state index is 0.0985. The van der Waals surface area contributed by atoms with Crippen molar-refractivity contribution < 1.29 is 32.3 Å². The Morgan fingerprint density at radius 3 is 2.52 bits per heavy atom. The number of anilines is 2. The first-order valence-corrected chi connectivity index (χ1v) is 8.84. The number of hydrogen-bond acceptors (Lipinski definition) is 4. The van der Waals surface area contributed by atoms with E-state index in [1.54, 1.807) is 18.2 Å². The van der Waals surface area contributed by atoms with Crippen LogP contribution < -0.4 is 10.2 Å². The van der Waals surface area contributed by atoms with Gasteiger partial charge < -0.3 is 15.0 Å². The van der Waals surface area contributed by atoms with Crippen LogP contribution in [0.4, 0.5) is 24.5 Å². The summed E-state index contributed by atoms with van der Waals surface area (Å²) in [4.78, 5) is 38.2. The van der Waals surface area contributed by atoms with E-state index >= 15 is 0 Å². The Labute approximate surface area is 164 Å². The van der Waals surface area contributed by atoms with Crippen LogP contribution in [-0.2, 0) is 14.3 Å². The van der Waals surface area contributed by atoms with Gasteiger partial charge >= 0.3 is 5.97 Å². The number of para-hydroxylation sites is 1. The van der Waals surface area contributed by atoms with Gasteiger partial charge in [-0.1, -0.05) is 12.1 Å². The Balaban J connectivity index is 1.72. The molecule has 2 aromatic carbocycles. The molecule has 2 aromatic rings. The number of halogens is 3. The molecule has 1 fully saturated rings. The van der Waals surface area contributed by atoms with Crippen LogP contribution in [0.1, 0.15) is 30.1 Å². The number of rotatable bonds is 5. The number of nitrogens with one attached hydrogen (secondary N) is 1. The Morgan fingerprint density at radius 2 is 1.83 bits per heavy atom. The van der Waals surface area contributed by atoms with E-state index in [1.165, 1.54) is 17.9 Å².